The summed E-state index contributed by atoms with van der Waals surface area (Å²) in [6.45, 7) is 14.0. The second-order valence-electron chi connectivity index (χ2n) is 15.1. The van der Waals surface area contributed by atoms with E-state index in [0.717, 1.165) is 30.2 Å². The number of esters is 1. The van der Waals surface area contributed by atoms with E-state index >= 15 is 0 Å². The highest BCUT2D eigenvalue weighted by molar-refractivity contribution is 8.13. The first kappa shape index (κ1) is 31.2. The van der Waals surface area contributed by atoms with E-state index in [1.165, 1.54) is 6.92 Å². The number of ketones is 2. The van der Waals surface area contributed by atoms with Crippen LogP contribution in [0.5, 0.6) is 0 Å². The minimum absolute atomic E-state index is 0.000849. The quantitative estimate of drug-likeness (QED) is 0.367. The van der Waals surface area contributed by atoms with Crippen LogP contribution in [-0.4, -0.2) is 58.3 Å². The van der Waals surface area contributed by atoms with E-state index in [-0.39, 0.29) is 81.7 Å². The highest BCUT2D eigenvalue weighted by atomic mass is 32.2. The second kappa shape index (κ2) is 10.1. The molecule has 0 amide bonds. The van der Waals surface area contributed by atoms with Gasteiger partial charge in [0.05, 0.1) is 18.1 Å². The van der Waals surface area contributed by atoms with Gasteiger partial charge in [0.25, 0.3) is 5.97 Å². The van der Waals surface area contributed by atoms with Crippen molar-refractivity contribution in [3.63, 3.8) is 0 Å². The average molecular weight is 615 g/mol. The standard InChI is InChI=1S/C34H46O8S/c1-18(26-16-33(7)30(3,4)41-34(40-26,42-33)17-27(38)43-8)29-24(37)15-23-28-22(10-12-32(23,29)6)31(5)11-9-21(36)13-20(31)14-25(28)39-19(2)35/h9,11,13,18,22-23,25-26,28-29H,10,12,14-17H2,1-8H3/t18-,22+,23+,25-,26-,28-,29+,31+,32+,33+,34?/m1/s1. The number of carbonyl (C=O) groups is 4. The monoisotopic (exact) mass is 614 g/mol. The lowest BCUT2D eigenvalue weighted by Crippen LogP contribution is -2.57. The zero-order valence-corrected chi connectivity index (χ0v) is 27.5. The number of hydrogen-bond acceptors (Lipinski definition) is 9. The molecule has 43 heavy (non-hydrogen) atoms. The summed E-state index contributed by atoms with van der Waals surface area (Å²) in [5.41, 5.74) is -0.965. The van der Waals surface area contributed by atoms with Crippen molar-refractivity contribution in [1.82, 2.24) is 0 Å². The van der Waals surface area contributed by atoms with Gasteiger partial charge < -0.3 is 18.9 Å². The van der Waals surface area contributed by atoms with Gasteiger partial charge in [0, 0.05) is 43.4 Å². The highest BCUT2D eigenvalue weighted by Gasteiger charge is 2.69. The fourth-order valence-electron chi connectivity index (χ4n) is 10.1. The molecule has 11 atom stereocenters. The van der Waals surface area contributed by atoms with Crippen molar-refractivity contribution in [3.8, 4) is 0 Å². The third-order valence-electron chi connectivity index (χ3n) is 12.5. The summed E-state index contributed by atoms with van der Waals surface area (Å²) in [6, 6.07) is 0. The van der Waals surface area contributed by atoms with Gasteiger partial charge in [-0.25, -0.2) is 0 Å². The van der Waals surface area contributed by atoms with Crippen LogP contribution in [0.2, 0.25) is 0 Å². The summed E-state index contributed by atoms with van der Waals surface area (Å²) in [4.78, 5) is 51.4. The number of fused-ring (bicyclic) bond motifs is 7. The predicted molar refractivity (Wildman–Crippen MR) is 161 cm³/mol. The summed E-state index contributed by atoms with van der Waals surface area (Å²) in [5, 5.41) is -0.0789. The Bertz CT molecular complexity index is 1310. The molecule has 9 heteroatoms. The molecule has 0 N–H and O–H groups in total. The average Bonchev–Trinajstić information content (AvgIpc) is 3.24. The van der Waals surface area contributed by atoms with E-state index < -0.39 is 17.2 Å². The van der Waals surface area contributed by atoms with E-state index in [2.05, 4.69) is 26.8 Å². The third-order valence-corrected chi connectivity index (χ3v) is 13.1. The molecule has 2 bridgehead atoms. The first-order valence-electron chi connectivity index (χ1n) is 15.8. The SMILES string of the molecule is CSC(=O)CC12O[C@@H]([C@@H](C)[C@H]3C(=O)C[C@H]4[C@@H]5[C@H](OC(C)=O)CC6=CC(=O)C=C[C@]6(C)[C@H]5CC[C@]34C)C[C@](C)(O1)C(C)(C)O2. The smallest absolute Gasteiger partial charge is 0.302 e. The lowest BCUT2D eigenvalue weighted by atomic mass is 9.46. The fourth-order valence-corrected chi connectivity index (χ4v) is 10.4. The summed E-state index contributed by atoms with van der Waals surface area (Å²) in [6.07, 6.45) is 9.66. The van der Waals surface area contributed by atoms with Crippen molar-refractivity contribution in [1.29, 1.82) is 0 Å². The van der Waals surface area contributed by atoms with Crippen LogP contribution < -0.4 is 0 Å². The summed E-state index contributed by atoms with van der Waals surface area (Å²) in [5.74, 6) is -1.81. The maximum atomic E-state index is 14.2. The molecule has 0 radical (unpaired) electrons. The maximum Gasteiger partial charge on any atom is 0.302 e. The van der Waals surface area contributed by atoms with E-state index in [4.69, 9.17) is 18.9 Å². The Kier molecular flexibility index (Phi) is 7.32. The highest BCUT2D eigenvalue weighted by Crippen LogP contribution is 2.67. The predicted octanol–water partition coefficient (Wildman–Crippen LogP) is 5.57. The number of ether oxygens (including phenoxy) is 4. The Morgan fingerprint density at radius 2 is 1.81 bits per heavy atom. The van der Waals surface area contributed by atoms with Crippen LogP contribution in [0.25, 0.3) is 0 Å². The molecule has 2 aliphatic heterocycles. The molecule has 2 saturated heterocycles. The van der Waals surface area contributed by atoms with Gasteiger partial charge in [-0.3, -0.25) is 19.2 Å². The lowest BCUT2D eigenvalue weighted by Gasteiger charge is -2.59. The van der Waals surface area contributed by atoms with Crippen LogP contribution in [-0.2, 0) is 38.1 Å². The van der Waals surface area contributed by atoms with E-state index in [1.54, 1.807) is 18.4 Å². The van der Waals surface area contributed by atoms with Crippen LogP contribution in [0, 0.1) is 40.4 Å². The van der Waals surface area contributed by atoms with Gasteiger partial charge in [-0.15, -0.1) is 0 Å². The van der Waals surface area contributed by atoms with Crippen LogP contribution in [0.15, 0.2) is 23.8 Å². The van der Waals surface area contributed by atoms with Gasteiger partial charge in [-0.2, -0.15) is 0 Å². The molecule has 3 saturated carbocycles. The minimum Gasteiger partial charge on any atom is -0.462 e. The first-order valence-corrected chi connectivity index (χ1v) is 17.0. The Balaban J connectivity index is 1.33. The molecule has 8 nitrogen and oxygen atoms in total. The van der Waals surface area contributed by atoms with Crippen molar-refractivity contribution in [2.45, 2.75) is 116 Å². The molecule has 0 spiro atoms. The van der Waals surface area contributed by atoms with Crippen molar-refractivity contribution in [2.75, 3.05) is 6.26 Å². The van der Waals surface area contributed by atoms with Crippen LogP contribution in [0.1, 0.15) is 87.0 Å². The fraction of sp³-hybridized carbons (Fsp3) is 0.765. The Hall–Kier alpha value is -1.81. The minimum atomic E-state index is -1.47. The zero-order chi connectivity index (χ0) is 31.3. The summed E-state index contributed by atoms with van der Waals surface area (Å²) < 4.78 is 25.4. The molecule has 236 valence electrons. The Labute approximate surface area is 259 Å². The molecular formula is C34H46O8S. The molecule has 0 aromatic carbocycles. The van der Waals surface area contributed by atoms with Crippen LogP contribution in [0.3, 0.4) is 0 Å². The van der Waals surface area contributed by atoms with Gasteiger partial charge in [-0.05, 0) is 75.2 Å². The normalized spacial score (nSPS) is 46.8. The molecule has 2 heterocycles. The number of thioether (sulfide) groups is 1. The topological polar surface area (TPSA) is 105 Å². The number of hydrogen-bond donors (Lipinski definition) is 0. The number of allylic oxidation sites excluding steroid dienone is 3. The van der Waals surface area contributed by atoms with Gasteiger partial charge in [0.15, 0.2) is 10.9 Å². The van der Waals surface area contributed by atoms with Gasteiger partial charge in [0.1, 0.15) is 17.5 Å². The summed E-state index contributed by atoms with van der Waals surface area (Å²) >= 11 is 1.13. The van der Waals surface area contributed by atoms with E-state index in [0.29, 0.717) is 19.3 Å². The van der Waals surface area contributed by atoms with Gasteiger partial charge in [-0.1, -0.05) is 44.2 Å². The van der Waals surface area contributed by atoms with Crippen molar-refractivity contribution in [3.05, 3.63) is 23.8 Å². The summed E-state index contributed by atoms with van der Waals surface area (Å²) in [7, 11) is 0. The molecule has 5 fully saturated rings. The second-order valence-corrected chi connectivity index (χ2v) is 16.0. The molecular weight excluding hydrogens is 568 g/mol. The Morgan fingerprint density at radius 1 is 1.09 bits per heavy atom. The Morgan fingerprint density at radius 3 is 2.49 bits per heavy atom. The maximum absolute atomic E-state index is 14.2. The van der Waals surface area contributed by atoms with Crippen molar-refractivity contribution in [2.24, 2.45) is 40.4 Å². The molecule has 0 aromatic rings. The lowest BCUT2D eigenvalue weighted by molar-refractivity contribution is -0.392. The van der Waals surface area contributed by atoms with E-state index in [9.17, 15) is 19.2 Å². The van der Waals surface area contributed by atoms with Crippen LogP contribution >= 0.6 is 11.8 Å². The van der Waals surface area contributed by atoms with Crippen molar-refractivity contribution >= 4 is 34.4 Å². The molecule has 0 aromatic heterocycles. The third kappa shape index (κ3) is 4.66. The molecule has 6 aliphatic rings. The molecule has 1 unspecified atom stereocenters. The zero-order valence-electron chi connectivity index (χ0n) is 26.7. The first-order chi connectivity index (χ1) is 20.0. The molecule has 6 rings (SSSR count). The van der Waals surface area contributed by atoms with Crippen LogP contribution in [0.4, 0.5) is 0 Å². The van der Waals surface area contributed by atoms with E-state index in [1.807, 2.05) is 20.8 Å². The molecule has 4 aliphatic carbocycles. The number of rotatable bonds is 5. The van der Waals surface area contributed by atoms with Crippen molar-refractivity contribution < 1.29 is 38.1 Å². The number of carbonyl (C=O) groups excluding carboxylic acids is 4. The number of Topliss-reactive ketones (excluding diaryl/α,β-unsaturated/α-hetero) is 1. The largest absolute Gasteiger partial charge is 0.462 e. The van der Waals surface area contributed by atoms with Gasteiger partial charge >= 0.3 is 5.97 Å². The van der Waals surface area contributed by atoms with Gasteiger partial charge in [0.2, 0.25) is 0 Å².